The number of thiophene rings is 1. The van der Waals surface area contributed by atoms with E-state index in [0.29, 0.717) is 0 Å². The summed E-state index contributed by atoms with van der Waals surface area (Å²) in [7, 11) is 0. The van der Waals surface area contributed by atoms with E-state index in [0.717, 1.165) is 28.8 Å². The monoisotopic (exact) mass is 347 g/mol. The molecule has 0 bridgehead atoms. The van der Waals surface area contributed by atoms with Crippen molar-refractivity contribution in [3.8, 4) is 0 Å². The van der Waals surface area contributed by atoms with Crippen molar-refractivity contribution >= 4 is 17.2 Å². The van der Waals surface area contributed by atoms with Crippen LogP contribution in [0.4, 0.5) is 0 Å². The summed E-state index contributed by atoms with van der Waals surface area (Å²) in [5, 5.41) is 3.25. The zero-order valence-electron chi connectivity index (χ0n) is 14.1. The van der Waals surface area contributed by atoms with Gasteiger partial charge in [-0.25, -0.2) is 0 Å². The zero-order valence-corrected chi connectivity index (χ0v) is 14.9. The predicted molar refractivity (Wildman–Crippen MR) is 103 cm³/mol. The van der Waals surface area contributed by atoms with E-state index in [-0.39, 0.29) is 11.9 Å². The fourth-order valence-electron chi connectivity index (χ4n) is 3.45. The number of nitrogens with one attached hydrogen (secondary N) is 1. The third-order valence-corrected chi connectivity index (χ3v) is 6.00. The highest BCUT2D eigenvalue weighted by Gasteiger charge is 2.21. The lowest BCUT2D eigenvalue weighted by molar-refractivity contribution is 0.0947. The van der Waals surface area contributed by atoms with Crippen LogP contribution in [0.1, 0.15) is 50.1 Å². The second-order valence-electron chi connectivity index (χ2n) is 6.49. The minimum Gasteiger partial charge on any atom is -0.340 e. The molecule has 0 atom stereocenters. The zero-order chi connectivity index (χ0) is 17.1. The fourth-order valence-corrected chi connectivity index (χ4v) is 4.61. The third kappa shape index (κ3) is 3.52. The topological polar surface area (TPSA) is 29.1 Å². The molecule has 1 amide bonds. The SMILES string of the molecule is O=C(NC(c1ccccc1)c1ccccc1)c1cc2c(s1)CCCC2. The molecule has 3 aromatic rings. The maximum Gasteiger partial charge on any atom is 0.262 e. The first kappa shape index (κ1) is 16.1. The van der Waals surface area contributed by atoms with Crippen molar-refractivity contribution in [2.75, 3.05) is 0 Å². The van der Waals surface area contributed by atoms with Gasteiger partial charge in [0.2, 0.25) is 0 Å². The van der Waals surface area contributed by atoms with Crippen molar-refractivity contribution in [3.05, 3.63) is 93.2 Å². The molecule has 25 heavy (non-hydrogen) atoms. The minimum absolute atomic E-state index is 0.0251. The Morgan fingerprint density at radius 2 is 1.48 bits per heavy atom. The molecule has 1 aromatic heterocycles. The summed E-state index contributed by atoms with van der Waals surface area (Å²) in [5.74, 6) is 0.0251. The van der Waals surface area contributed by atoms with E-state index in [2.05, 4.69) is 35.6 Å². The average Bonchev–Trinajstić information content (AvgIpc) is 3.12. The van der Waals surface area contributed by atoms with Gasteiger partial charge in [0.15, 0.2) is 0 Å². The molecule has 1 aliphatic rings. The first-order chi connectivity index (χ1) is 12.3. The number of hydrogen-bond acceptors (Lipinski definition) is 2. The maximum absolute atomic E-state index is 12.9. The molecule has 4 rings (SSSR count). The first-order valence-electron chi connectivity index (χ1n) is 8.83. The second-order valence-corrected chi connectivity index (χ2v) is 7.63. The van der Waals surface area contributed by atoms with Gasteiger partial charge in [0, 0.05) is 4.88 Å². The number of rotatable bonds is 4. The quantitative estimate of drug-likeness (QED) is 0.695. The van der Waals surface area contributed by atoms with Crippen molar-refractivity contribution in [2.45, 2.75) is 31.7 Å². The Bertz CT molecular complexity index is 791. The van der Waals surface area contributed by atoms with Gasteiger partial charge in [0.05, 0.1) is 10.9 Å². The Balaban J connectivity index is 1.62. The van der Waals surface area contributed by atoms with Gasteiger partial charge in [-0.1, -0.05) is 60.7 Å². The lowest BCUT2D eigenvalue weighted by Crippen LogP contribution is -2.28. The molecule has 2 nitrogen and oxygen atoms in total. The largest absolute Gasteiger partial charge is 0.340 e. The van der Waals surface area contributed by atoms with E-state index in [4.69, 9.17) is 0 Å². The summed E-state index contributed by atoms with van der Waals surface area (Å²) < 4.78 is 0. The maximum atomic E-state index is 12.9. The number of carbonyl (C=O) groups excluding carboxylic acids is 1. The van der Waals surface area contributed by atoms with Crippen molar-refractivity contribution in [3.63, 3.8) is 0 Å². The van der Waals surface area contributed by atoms with E-state index in [1.165, 1.54) is 23.3 Å². The molecule has 3 heteroatoms. The summed E-state index contributed by atoms with van der Waals surface area (Å²) in [6.45, 7) is 0. The van der Waals surface area contributed by atoms with Crippen LogP contribution in [-0.4, -0.2) is 5.91 Å². The van der Waals surface area contributed by atoms with E-state index < -0.39 is 0 Å². The summed E-state index contributed by atoms with van der Waals surface area (Å²) in [6.07, 6.45) is 4.71. The van der Waals surface area contributed by atoms with Crippen molar-refractivity contribution in [2.24, 2.45) is 0 Å². The Morgan fingerprint density at radius 1 is 0.880 bits per heavy atom. The molecule has 0 unspecified atom stereocenters. The van der Waals surface area contributed by atoms with Crippen molar-refractivity contribution in [1.82, 2.24) is 5.32 Å². The number of aryl methyl sites for hydroxylation is 2. The minimum atomic E-state index is -0.131. The molecular formula is C22H21NOS. The molecule has 0 saturated carbocycles. The molecule has 1 aliphatic carbocycles. The van der Waals surface area contributed by atoms with Gasteiger partial charge in [0.25, 0.3) is 5.91 Å². The normalized spacial score (nSPS) is 13.5. The van der Waals surface area contributed by atoms with Crippen LogP contribution in [0.15, 0.2) is 66.7 Å². The fraction of sp³-hybridized carbons (Fsp3) is 0.227. The number of carbonyl (C=O) groups is 1. The Labute approximate surface area is 152 Å². The molecular weight excluding hydrogens is 326 g/mol. The van der Waals surface area contributed by atoms with E-state index in [9.17, 15) is 4.79 Å². The number of hydrogen-bond donors (Lipinski definition) is 1. The molecule has 2 aromatic carbocycles. The van der Waals surface area contributed by atoms with E-state index in [1.54, 1.807) is 11.3 Å². The van der Waals surface area contributed by atoms with E-state index in [1.807, 2.05) is 36.4 Å². The molecule has 126 valence electrons. The molecule has 0 radical (unpaired) electrons. The van der Waals surface area contributed by atoms with Crippen LogP contribution in [-0.2, 0) is 12.8 Å². The van der Waals surface area contributed by atoms with Gasteiger partial charge in [-0.15, -0.1) is 11.3 Å². The van der Waals surface area contributed by atoms with Crippen molar-refractivity contribution in [1.29, 1.82) is 0 Å². The highest BCUT2D eigenvalue weighted by Crippen LogP contribution is 2.30. The van der Waals surface area contributed by atoms with Crippen LogP contribution in [0.5, 0.6) is 0 Å². The van der Waals surface area contributed by atoms with Crippen LogP contribution >= 0.6 is 11.3 Å². The van der Waals surface area contributed by atoms with Crippen LogP contribution in [0.2, 0.25) is 0 Å². The van der Waals surface area contributed by atoms with Gasteiger partial charge in [0.1, 0.15) is 0 Å². The predicted octanol–water partition coefficient (Wildman–Crippen LogP) is 5.15. The molecule has 0 spiro atoms. The van der Waals surface area contributed by atoms with Crippen LogP contribution in [0, 0.1) is 0 Å². The van der Waals surface area contributed by atoms with Crippen molar-refractivity contribution < 1.29 is 4.79 Å². The standard InChI is InChI=1S/C22H21NOS/c24-22(20-15-18-13-7-8-14-19(18)25-20)23-21(16-9-3-1-4-10-16)17-11-5-2-6-12-17/h1-6,9-12,15,21H,7-8,13-14H2,(H,23,24). The van der Waals surface area contributed by atoms with Crippen LogP contribution in [0.25, 0.3) is 0 Å². The number of benzene rings is 2. The smallest absolute Gasteiger partial charge is 0.262 e. The Hall–Kier alpha value is -2.39. The van der Waals surface area contributed by atoms with Gasteiger partial charge in [-0.3, -0.25) is 4.79 Å². The molecule has 1 heterocycles. The van der Waals surface area contributed by atoms with Crippen LogP contribution in [0.3, 0.4) is 0 Å². The molecule has 0 saturated heterocycles. The summed E-state index contributed by atoms with van der Waals surface area (Å²) in [5.41, 5.74) is 3.57. The van der Waals surface area contributed by atoms with Gasteiger partial charge < -0.3 is 5.32 Å². The highest BCUT2D eigenvalue weighted by atomic mass is 32.1. The lowest BCUT2D eigenvalue weighted by atomic mass is 9.98. The average molecular weight is 347 g/mol. The molecule has 0 aliphatic heterocycles. The molecule has 0 fully saturated rings. The molecule has 1 N–H and O–H groups in total. The summed E-state index contributed by atoms with van der Waals surface area (Å²) in [6, 6.07) is 22.3. The Morgan fingerprint density at radius 3 is 2.08 bits per heavy atom. The van der Waals surface area contributed by atoms with E-state index >= 15 is 0 Å². The number of fused-ring (bicyclic) bond motifs is 1. The van der Waals surface area contributed by atoms with Gasteiger partial charge in [-0.2, -0.15) is 0 Å². The second kappa shape index (κ2) is 7.24. The Kier molecular flexibility index (Phi) is 4.66. The third-order valence-electron chi connectivity index (χ3n) is 4.76. The highest BCUT2D eigenvalue weighted by molar-refractivity contribution is 7.14. The van der Waals surface area contributed by atoms with Gasteiger partial charge >= 0.3 is 0 Å². The lowest BCUT2D eigenvalue weighted by Gasteiger charge is -2.19. The van der Waals surface area contributed by atoms with Crippen LogP contribution < -0.4 is 5.32 Å². The summed E-state index contributed by atoms with van der Waals surface area (Å²) in [4.78, 5) is 15.2. The summed E-state index contributed by atoms with van der Waals surface area (Å²) >= 11 is 1.66. The van der Waals surface area contributed by atoms with Gasteiger partial charge in [-0.05, 0) is 48.4 Å². The number of amides is 1. The first-order valence-corrected chi connectivity index (χ1v) is 9.65.